The maximum Gasteiger partial charge on any atom is 0.290 e. The summed E-state index contributed by atoms with van der Waals surface area (Å²) in [6, 6.07) is 7.76. The maximum atomic E-state index is 11.3. The van der Waals surface area contributed by atoms with Crippen LogP contribution in [-0.2, 0) is 20.8 Å². The van der Waals surface area contributed by atoms with Crippen LogP contribution in [0, 0.1) is 0 Å². The first-order valence-corrected chi connectivity index (χ1v) is 12.9. The van der Waals surface area contributed by atoms with Crippen LogP contribution < -0.4 is 10.1 Å². The third kappa shape index (κ3) is 17.9. The number of aliphatic hydroxyl groups is 2. The van der Waals surface area contributed by atoms with E-state index in [-0.39, 0.29) is 12.4 Å². The number of likely N-dealkylation sites (tertiary alicyclic amines) is 1. The monoisotopic (exact) mass is 510 g/mol. The van der Waals surface area contributed by atoms with Crippen LogP contribution in [0.4, 0.5) is 0 Å². The Labute approximate surface area is 215 Å². The molecule has 1 aliphatic carbocycles. The molecule has 1 aromatic carbocycles. The lowest BCUT2D eigenvalue weighted by Gasteiger charge is -2.20. The normalized spacial score (nSPS) is 16.4. The van der Waals surface area contributed by atoms with Crippen LogP contribution in [0.5, 0.6) is 5.75 Å². The number of benzene rings is 1. The second kappa shape index (κ2) is 22.9. The van der Waals surface area contributed by atoms with Gasteiger partial charge in [-0.2, -0.15) is 0 Å². The number of carbonyl (C=O) groups excluding carboxylic acids is 2. The van der Waals surface area contributed by atoms with E-state index in [0.29, 0.717) is 44.2 Å². The summed E-state index contributed by atoms with van der Waals surface area (Å²) < 4.78 is 5.41. The van der Waals surface area contributed by atoms with Crippen LogP contribution in [0.15, 0.2) is 24.3 Å². The lowest BCUT2D eigenvalue weighted by atomic mass is 10.0. The van der Waals surface area contributed by atoms with E-state index in [1.165, 1.54) is 38.5 Å². The summed E-state index contributed by atoms with van der Waals surface area (Å²) >= 11 is 0. The summed E-state index contributed by atoms with van der Waals surface area (Å²) in [5, 5.41) is 27.0. The summed E-state index contributed by atoms with van der Waals surface area (Å²) in [5.74, 6) is 0.935. The van der Waals surface area contributed by atoms with Gasteiger partial charge in [0.05, 0.1) is 13.2 Å². The summed E-state index contributed by atoms with van der Waals surface area (Å²) in [6.07, 6.45) is 12.2. The predicted molar refractivity (Wildman–Crippen MR) is 140 cm³/mol. The van der Waals surface area contributed by atoms with E-state index >= 15 is 0 Å². The molecule has 1 heterocycles. The third-order valence-corrected chi connectivity index (χ3v) is 5.79. The molecule has 2 aliphatic rings. The Bertz CT molecular complexity index is 685. The van der Waals surface area contributed by atoms with Crippen molar-refractivity contribution in [1.82, 2.24) is 10.2 Å². The van der Waals surface area contributed by atoms with Crippen LogP contribution in [0.3, 0.4) is 0 Å². The van der Waals surface area contributed by atoms with E-state index in [0.717, 1.165) is 31.2 Å². The Morgan fingerprint density at radius 1 is 1.14 bits per heavy atom. The molecule has 9 heteroatoms. The number of likely N-dealkylation sites (N-methyl/N-ethyl adjacent to an activating group) is 1. The molecule has 9 nitrogen and oxygen atoms in total. The molecule has 0 radical (unpaired) electrons. The minimum absolute atomic E-state index is 0.234. The highest BCUT2D eigenvalue weighted by Gasteiger charge is 2.23. The van der Waals surface area contributed by atoms with Crippen LogP contribution in [-0.4, -0.2) is 78.0 Å². The van der Waals surface area contributed by atoms with Crippen molar-refractivity contribution in [3.63, 3.8) is 0 Å². The van der Waals surface area contributed by atoms with Crippen LogP contribution in [0.2, 0.25) is 0 Å². The molecule has 1 aromatic rings. The molecule has 1 aliphatic heterocycles. The number of nitrogens with zero attached hydrogens (tertiary/aromatic N) is 1. The summed E-state index contributed by atoms with van der Waals surface area (Å²) in [5.41, 5.74) is 0.912. The van der Waals surface area contributed by atoms with Gasteiger partial charge in [-0.1, -0.05) is 50.7 Å². The van der Waals surface area contributed by atoms with Gasteiger partial charge in [0.25, 0.3) is 6.47 Å². The number of nitrogens with one attached hydrogen (secondary N) is 1. The molecule has 206 valence electrons. The topological polar surface area (TPSA) is 136 Å². The smallest absolute Gasteiger partial charge is 0.290 e. The van der Waals surface area contributed by atoms with Crippen molar-refractivity contribution in [3.8, 4) is 5.75 Å². The molecule has 1 saturated heterocycles. The number of carbonyl (C=O) groups is 3. The lowest BCUT2D eigenvalue weighted by Crippen LogP contribution is -2.38. The van der Waals surface area contributed by atoms with Crippen LogP contribution >= 0.6 is 0 Å². The highest BCUT2D eigenvalue weighted by Crippen LogP contribution is 2.16. The second-order valence-electron chi connectivity index (χ2n) is 8.82. The SMILES string of the molecule is C1CCCCC1.CNCC(=O)N1CCCC1C.O=CCc1cccc(OCCCC(O)O)c1.O=CO. The molecule has 1 saturated carbocycles. The number of amides is 1. The van der Waals surface area contributed by atoms with E-state index in [2.05, 4.69) is 12.2 Å². The molecule has 4 N–H and O–H groups in total. The maximum absolute atomic E-state index is 11.3. The van der Waals surface area contributed by atoms with Crippen molar-refractivity contribution in [2.75, 3.05) is 26.7 Å². The van der Waals surface area contributed by atoms with Gasteiger partial charge < -0.3 is 35.1 Å². The number of aldehydes is 1. The molecule has 0 bridgehead atoms. The number of rotatable bonds is 9. The molecule has 1 unspecified atom stereocenters. The fraction of sp³-hybridized carbons (Fsp3) is 0.667. The highest BCUT2D eigenvalue weighted by atomic mass is 16.5. The average molecular weight is 511 g/mol. The van der Waals surface area contributed by atoms with E-state index in [9.17, 15) is 9.59 Å². The standard InChI is InChI=1S/C12H16O4.C8H16N2O.C6H12.CH2O2/c13-7-6-10-3-1-4-11(9-10)16-8-2-5-12(14)15;1-7-4-3-5-10(7)8(11)6-9-2;1-2-4-6-5-3-1;2-1-3/h1,3-4,7,9,12,14-15H,2,5-6,8H2;7,9H,3-6H2,1-2H3;1-6H2;1H,(H,2,3). The van der Waals surface area contributed by atoms with E-state index < -0.39 is 6.29 Å². The number of hydrogen-bond acceptors (Lipinski definition) is 7. The number of carboxylic acid groups (broad SMARTS) is 1. The highest BCUT2D eigenvalue weighted by molar-refractivity contribution is 5.78. The van der Waals surface area contributed by atoms with E-state index in [1.807, 2.05) is 29.2 Å². The van der Waals surface area contributed by atoms with Gasteiger partial charge in [-0.05, 0) is 50.9 Å². The Balaban J connectivity index is 0.000000525. The number of aliphatic hydroxyl groups excluding tert-OH is 1. The first-order chi connectivity index (χ1) is 17.4. The minimum atomic E-state index is -1.27. The fourth-order valence-electron chi connectivity index (χ4n) is 3.93. The molecular formula is C27H46N2O7. The number of hydrogen-bond donors (Lipinski definition) is 4. The second-order valence-corrected chi connectivity index (χ2v) is 8.82. The molecular weight excluding hydrogens is 464 g/mol. The molecule has 1 atom stereocenters. The molecule has 0 aromatic heterocycles. The first kappa shape index (κ1) is 33.5. The predicted octanol–water partition coefficient (Wildman–Crippen LogP) is 3.16. The van der Waals surface area contributed by atoms with Gasteiger partial charge in [-0.3, -0.25) is 9.59 Å². The average Bonchev–Trinajstić information content (AvgIpc) is 3.31. The zero-order valence-electron chi connectivity index (χ0n) is 21.9. The third-order valence-electron chi connectivity index (χ3n) is 5.79. The van der Waals surface area contributed by atoms with Gasteiger partial charge in [0.15, 0.2) is 6.29 Å². The van der Waals surface area contributed by atoms with Gasteiger partial charge in [-0.15, -0.1) is 0 Å². The molecule has 36 heavy (non-hydrogen) atoms. The molecule has 3 rings (SSSR count). The largest absolute Gasteiger partial charge is 0.494 e. The van der Waals surface area contributed by atoms with Crippen molar-refractivity contribution in [2.24, 2.45) is 0 Å². The van der Waals surface area contributed by atoms with Crippen molar-refractivity contribution in [3.05, 3.63) is 29.8 Å². The molecule has 2 fully saturated rings. The van der Waals surface area contributed by atoms with Crippen molar-refractivity contribution < 1.29 is 34.4 Å². The first-order valence-electron chi connectivity index (χ1n) is 12.9. The van der Waals surface area contributed by atoms with Gasteiger partial charge in [0.2, 0.25) is 5.91 Å². The Kier molecular flexibility index (Phi) is 21.4. The summed E-state index contributed by atoms with van der Waals surface area (Å²) in [6.45, 7) is 3.72. The minimum Gasteiger partial charge on any atom is -0.494 e. The van der Waals surface area contributed by atoms with Gasteiger partial charge >= 0.3 is 0 Å². The van der Waals surface area contributed by atoms with Crippen LogP contribution in [0.25, 0.3) is 0 Å². The summed E-state index contributed by atoms with van der Waals surface area (Å²) in [7, 11) is 1.80. The fourth-order valence-corrected chi connectivity index (χ4v) is 3.93. The molecule has 1 amide bonds. The Morgan fingerprint density at radius 2 is 1.75 bits per heavy atom. The lowest BCUT2D eigenvalue weighted by molar-refractivity contribution is -0.130. The zero-order chi connectivity index (χ0) is 27.0. The Morgan fingerprint density at radius 3 is 2.22 bits per heavy atom. The Hall–Kier alpha value is -2.49. The van der Waals surface area contributed by atoms with Crippen molar-refractivity contribution >= 4 is 18.7 Å². The molecule has 0 spiro atoms. The van der Waals surface area contributed by atoms with Gasteiger partial charge in [-0.25, -0.2) is 0 Å². The van der Waals surface area contributed by atoms with Crippen molar-refractivity contribution in [1.29, 1.82) is 0 Å². The quantitative estimate of drug-likeness (QED) is 0.226. The number of ether oxygens (including phenoxy) is 1. The van der Waals surface area contributed by atoms with Crippen molar-refractivity contribution in [2.45, 2.75) is 89.9 Å². The summed E-state index contributed by atoms with van der Waals surface area (Å²) in [4.78, 5) is 32.0. The van der Waals surface area contributed by atoms with Crippen LogP contribution in [0.1, 0.15) is 76.7 Å². The van der Waals surface area contributed by atoms with Gasteiger partial charge in [0.1, 0.15) is 12.0 Å². The zero-order valence-corrected chi connectivity index (χ0v) is 21.9. The van der Waals surface area contributed by atoms with Gasteiger partial charge in [0, 0.05) is 25.4 Å². The van der Waals surface area contributed by atoms with E-state index in [4.69, 9.17) is 24.9 Å². The van der Waals surface area contributed by atoms with E-state index in [1.54, 1.807) is 7.05 Å².